The van der Waals surface area contributed by atoms with Crippen molar-refractivity contribution in [2.75, 3.05) is 0 Å². The second kappa shape index (κ2) is 6.91. The number of hydrogen-bond donors (Lipinski definition) is 0. The molecule has 1 aliphatic rings. The van der Waals surface area contributed by atoms with Crippen molar-refractivity contribution in [2.45, 2.75) is 53.5 Å². The van der Waals surface area contributed by atoms with Gasteiger partial charge in [0.05, 0.1) is 17.9 Å². The molecule has 0 amide bonds. The van der Waals surface area contributed by atoms with Gasteiger partial charge >= 0.3 is 5.69 Å². The van der Waals surface area contributed by atoms with Crippen LogP contribution in [0.2, 0.25) is 0 Å². The normalized spacial score (nSPS) is 15.5. The smallest absolute Gasteiger partial charge is 0.349 e. The van der Waals surface area contributed by atoms with E-state index in [4.69, 9.17) is 4.52 Å². The quantitative estimate of drug-likeness (QED) is 0.452. The second-order valence-corrected chi connectivity index (χ2v) is 10.1. The summed E-state index contributed by atoms with van der Waals surface area (Å²) in [6.45, 7) is 8.90. The Morgan fingerprint density at radius 2 is 1.97 bits per heavy atom. The number of aryl methyl sites for hydroxylation is 3. The molecule has 4 aromatic rings. The maximum absolute atomic E-state index is 13.2. The lowest BCUT2D eigenvalue weighted by Crippen LogP contribution is -2.24. The minimum Gasteiger partial charge on any atom is -0.361 e. The molecule has 1 aliphatic carbocycles. The van der Waals surface area contributed by atoms with E-state index in [1.807, 2.05) is 48.7 Å². The number of aromatic nitrogens is 3. The SMILES string of the molecule is Cc1noc(C)c1Cn1c(=O)nc(-c2ccccc2)c2c3c(sc21)CC(C)(C)CC3. The lowest BCUT2D eigenvalue weighted by atomic mass is 9.77. The van der Waals surface area contributed by atoms with E-state index in [1.165, 1.54) is 10.4 Å². The largest absolute Gasteiger partial charge is 0.361 e. The predicted molar refractivity (Wildman–Crippen MR) is 120 cm³/mol. The highest BCUT2D eigenvalue weighted by Crippen LogP contribution is 2.44. The summed E-state index contributed by atoms with van der Waals surface area (Å²) in [7, 11) is 0. The molecule has 0 spiro atoms. The summed E-state index contributed by atoms with van der Waals surface area (Å²) in [6, 6.07) is 10.1. The maximum Gasteiger partial charge on any atom is 0.349 e. The average Bonchev–Trinajstić information content (AvgIpc) is 3.23. The molecule has 0 fully saturated rings. The van der Waals surface area contributed by atoms with Crippen molar-refractivity contribution in [2.24, 2.45) is 5.41 Å². The summed E-state index contributed by atoms with van der Waals surface area (Å²) in [5, 5.41) is 5.21. The first-order valence-electron chi connectivity index (χ1n) is 10.4. The fraction of sp³-hybridized carbons (Fsp3) is 0.375. The first kappa shape index (κ1) is 19.2. The average molecular weight is 420 g/mol. The number of thiophene rings is 1. The highest BCUT2D eigenvalue weighted by molar-refractivity contribution is 7.19. The van der Waals surface area contributed by atoms with Gasteiger partial charge in [-0.2, -0.15) is 4.98 Å². The van der Waals surface area contributed by atoms with E-state index >= 15 is 0 Å². The minimum absolute atomic E-state index is 0.223. The summed E-state index contributed by atoms with van der Waals surface area (Å²) < 4.78 is 7.15. The molecular formula is C24H25N3O2S. The van der Waals surface area contributed by atoms with Crippen LogP contribution in [0.15, 0.2) is 39.6 Å². The van der Waals surface area contributed by atoms with Gasteiger partial charge in [-0.05, 0) is 44.1 Å². The molecule has 1 aromatic carbocycles. The number of fused-ring (bicyclic) bond motifs is 3. The van der Waals surface area contributed by atoms with Crippen molar-refractivity contribution in [1.29, 1.82) is 0 Å². The van der Waals surface area contributed by atoms with Gasteiger partial charge in [0, 0.05) is 21.4 Å². The third kappa shape index (κ3) is 3.10. The third-order valence-electron chi connectivity index (χ3n) is 6.23. The van der Waals surface area contributed by atoms with Crippen LogP contribution in [-0.4, -0.2) is 14.7 Å². The van der Waals surface area contributed by atoms with Crippen LogP contribution in [0.5, 0.6) is 0 Å². The fourth-order valence-electron chi connectivity index (χ4n) is 4.45. The van der Waals surface area contributed by atoms with Crippen molar-refractivity contribution >= 4 is 21.6 Å². The number of nitrogens with zero attached hydrogens (tertiary/aromatic N) is 3. The van der Waals surface area contributed by atoms with Crippen LogP contribution in [0.3, 0.4) is 0 Å². The molecule has 0 saturated heterocycles. The van der Waals surface area contributed by atoms with Crippen LogP contribution in [0, 0.1) is 19.3 Å². The molecule has 0 N–H and O–H groups in total. The lowest BCUT2D eigenvalue weighted by Gasteiger charge is -2.29. The number of rotatable bonds is 3. The molecule has 154 valence electrons. The summed E-state index contributed by atoms with van der Waals surface area (Å²) in [5.74, 6) is 0.752. The van der Waals surface area contributed by atoms with Crippen molar-refractivity contribution in [1.82, 2.24) is 14.7 Å². The van der Waals surface area contributed by atoms with Gasteiger partial charge in [-0.1, -0.05) is 49.3 Å². The van der Waals surface area contributed by atoms with Gasteiger partial charge in [0.1, 0.15) is 10.6 Å². The van der Waals surface area contributed by atoms with Crippen molar-refractivity contribution in [3.63, 3.8) is 0 Å². The fourth-order valence-corrected chi connectivity index (χ4v) is 6.05. The van der Waals surface area contributed by atoms with Crippen LogP contribution in [0.4, 0.5) is 0 Å². The van der Waals surface area contributed by atoms with Crippen LogP contribution in [-0.2, 0) is 19.4 Å². The highest BCUT2D eigenvalue weighted by Gasteiger charge is 2.31. The highest BCUT2D eigenvalue weighted by atomic mass is 32.1. The molecule has 0 radical (unpaired) electrons. The zero-order valence-electron chi connectivity index (χ0n) is 17.8. The van der Waals surface area contributed by atoms with Crippen LogP contribution in [0.25, 0.3) is 21.5 Å². The zero-order chi connectivity index (χ0) is 21.0. The first-order valence-corrected chi connectivity index (χ1v) is 11.2. The summed E-state index contributed by atoms with van der Waals surface area (Å²) in [5.41, 5.74) is 5.01. The topological polar surface area (TPSA) is 60.9 Å². The Bertz CT molecular complexity index is 1290. The Hall–Kier alpha value is -2.73. The van der Waals surface area contributed by atoms with Gasteiger partial charge in [-0.3, -0.25) is 4.57 Å². The van der Waals surface area contributed by atoms with Crippen LogP contribution < -0.4 is 5.69 Å². The molecule has 0 aliphatic heterocycles. The summed E-state index contributed by atoms with van der Waals surface area (Å²) in [4.78, 5) is 20.2. The summed E-state index contributed by atoms with van der Waals surface area (Å²) >= 11 is 1.76. The Balaban J connectivity index is 1.79. The predicted octanol–water partition coefficient (Wildman–Crippen LogP) is 5.29. The lowest BCUT2D eigenvalue weighted by molar-refractivity contribution is 0.320. The van der Waals surface area contributed by atoms with Crippen molar-refractivity contribution in [3.05, 3.63) is 68.3 Å². The van der Waals surface area contributed by atoms with E-state index in [9.17, 15) is 4.79 Å². The van der Waals surface area contributed by atoms with E-state index in [1.54, 1.807) is 11.3 Å². The Kier molecular flexibility index (Phi) is 4.43. The van der Waals surface area contributed by atoms with Gasteiger partial charge in [0.15, 0.2) is 0 Å². The molecule has 5 rings (SSSR count). The van der Waals surface area contributed by atoms with Crippen molar-refractivity contribution < 1.29 is 4.52 Å². The monoisotopic (exact) mass is 419 g/mol. The molecule has 0 unspecified atom stereocenters. The molecule has 0 bridgehead atoms. The van der Waals surface area contributed by atoms with Crippen LogP contribution >= 0.6 is 11.3 Å². The van der Waals surface area contributed by atoms with Gasteiger partial charge in [0.2, 0.25) is 0 Å². The summed E-state index contributed by atoms with van der Waals surface area (Å²) in [6.07, 6.45) is 3.20. The van der Waals surface area contributed by atoms with E-state index < -0.39 is 0 Å². The molecule has 6 heteroatoms. The second-order valence-electron chi connectivity index (χ2n) is 9.02. The molecular weight excluding hydrogens is 394 g/mol. The van der Waals surface area contributed by atoms with Crippen molar-refractivity contribution in [3.8, 4) is 11.3 Å². The third-order valence-corrected chi connectivity index (χ3v) is 7.48. The van der Waals surface area contributed by atoms with E-state index in [2.05, 4.69) is 24.0 Å². The van der Waals surface area contributed by atoms with Gasteiger partial charge in [-0.15, -0.1) is 11.3 Å². The number of hydrogen-bond acceptors (Lipinski definition) is 5. The molecule has 3 aromatic heterocycles. The Morgan fingerprint density at radius 1 is 1.20 bits per heavy atom. The van der Waals surface area contributed by atoms with Gasteiger partial charge in [-0.25, -0.2) is 4.79 Å². The number of benzene rings is 1. The molecule has 0 saturated carbocycles. The van der Waals surface area contributed by atoms with Crippen LogP contribution in [0.1, 0.15) is 47.7 Å². The standard InChI is InChI=1S/C24H25N3O2S/c1-14-18(15(2)29-26-14)13-27-22-20(17-10-11-24(3,4)12-19(17)30-22)21(25-23(27)28)16-8-6-5-7-9-16/h5-9H,10-13H2,1-4H3. The van der Waals surface area contributed by atoms with E-state index in [-0.39, 0.29) is 11.1 Å². The molecule has 30 heavy (non-hydrogen) atoms. The van der Waals surface area contributed by atoms with Gasteiger partial charge < -0.3 is 4.52 Å². The van der Waals surface area contributed by atoms with E-state index in [0.29, 0.717) is 6.54 Å². The molecule has 3 heterocycles. The van der Waals surface area contributed by atoms with E-state index in [0.717, 1.165) is 57.8 Å². The first-order chi connectivity index (χ1) is 14.3. The zero-order valence-corrected chi connectivity index (χ0v) is 18.6. The molecule has 5 nitrogen and oxygen atoms in total. The Morgan fingerprint density at radius 3 is 2.67 bits per heavy atom. The van der Waals surface area contributed by atoms with Gasteiger partial charge in [0.25, 0.3) is 0 Å². The molecule has 0 atom stereocenters. The minimum atomic E-state index is -0.223. The Labute approximate surface area is 179 Å². The maximum atomic E-state index is 13.2.